The molecule has 1 saturated heterocycles. The summed E-state index contributed by atoms with van der Waals surface area (Å²) in [5.41, 5.74) is 2.28. The lowest BCUT2D eigenvalue weighted by Gasteiger charge is -2.30. The molecule has 2 aromatic carbocycles. The number of benzene rings is 2. The minimum absolute atomic E-state index is 0.0450. The lowest BCUT2D eigenvalue weighted by Crippen LogP contribution is -2.39. The molecule has 2 heterocycles. The number of nitrogens with one attached hydrogen (secondary N) is 2. The molecule has 4 rings (SSSR count). The number of carbonyl (C=O) groups is 1. The van der Waals surface area contributed by atoms with Crippen LogP contribution < -0.4 is 20.1 Å². The van der Waals surface area contributed by atoms with Crippen molar-refractivity contribution in [3.8, 4) is 11.5 Å². The molecule has 5 nitrogen and oxygen atoms in total. The molecule has 0 aromatic heterocycles. The van der Waals surface area contributed by atoms with Crippen LogP contribution in [-0.2, 0) is 10.2 Å². The van der Waals surface area contributed by atoms with Crippen LogP contribution in [-0.4, -0.2) is 26.7 Å². The molecule has 0 saturated carbocycles. The number of amides is 1. The van der Waals surface area contributed by atoms with E-state index in [9.17, 15) is 4.79 Å². The van der Waals surface area contributed by atoms with Crippen LogP contribution in [0.1, 0.15) is 23.6 Å². The molecule has 1 fully saturated rings. The summed E-state index contributed by atoms with van der Waals surface area (Å²) in [4.78, 5) is 13.0. The zero-order valence-electron chi connectivity index (χ0n) is 13.8. The van der Waals surface area contributed by atoms with Gasteiger partial charge in [0.15, 0.2) is 0 Å². The summed E-state index contributed by atoms with van der Waals surface area (Å²) in [6.45, 7) is 0.771. The zero-order chi connectivity index (χ0) is 16.7. The van der Waals surface area contributed by atoms with Gasteiger partial charge in [0.25, 0.3) is 0 Å². The van der Waals surface area contributed by atoms with Crippen molar-refractivity contribution in [2.24, 2.45) is 0 Å². The van der Waals surface area contributed by atoms with Crippen molar-refractivity contribution >= 4 is 11.6 Å². The highest BCUT2D eigenvalue weighted by Gasteiger charge is 2.55. The monoisotopic (exact) mass is 324 g/mol. The van der Waals surface area contributed by atoms with Gasteiger partial charge in [0, 0.05) is 11.3 Å². The van der Waals surface area contributed by atoms with Gasteiger partial charge >= 0.3 is 0 Å². The van der Waals surface area contributed by atoms with Crippen molar-refractivity contribution in [2.45, 2.75) is 17.9 Å². The first kappa shape index (κ1) is 15.0. The van der Waals surface area contributed by atoms with E-state index < -0.39 is 5.41 Å². The molecule has 2 aromatic rings. The van der Waals surface area contributed by atoms with E-state index in [1.807, 2.05) is 42.5 Å². The number of anilines is 1. The number of ether oxygens (including phenoxy) is 2. The summed E-state index contributed by atoms with van der Waals surface area (Å²) >= 11 is 0. The lowest BCUT2D eigenvalue weighted by atomic mass is 9.72. The van der Waals surface area contributed by atoms with Crippen LogP contribution in [0.25, 0.3) is 0 Å². The highest BCUT2D eigenvalue weighted by molar-refractivity contribution is 6.07. The average Bonchev–Trinajstić information content (AvgIpc) is 3.18. The summed E-state index contributed by atoms with van der Waals surface area (Å²) in [7, 11) is 3.29. The third kappa shape index (κ3) is 1.94. The molecule has 0 unspecified atom stereocenters. The topological polar surface area (TPSA) is 59.6 Å². The highest BCUT2D eigenvalue weighted by atomic mass is 16.5. The Bertz CT molecular complexity index is 805. The summed E-state index contributed by atoms with van der Waals surface area (Å²) in [5, 5.41) is 6.55. The predicted octanol–water partition coefficient (Wildman–Crippen LogP) is 2.63. The van der Waals surface area contributed by atoms with Gasteiger partial charge in [0.05, 0.1) is 25.7 Å². The first-order chi connectivity index (χ1) is 11.7. The van der Waals surface area contributed by atoms with Gasteiger partial charge in [-0.1, -0.05) is 18.2 Å². The SMILES string of the molecule is COc1ccc(OC)c([C@@H]2NCC[C@@]23C(=O)Nc2ccccc23)c1. The summed E-state index contributed by atoms with van der Waals surface area (Å²) in [5.74, 6) is 1.55. The predicted molar refractivity (Wildman–Crippen MR) is 91.7 cm³/mol. The Morgan fingerprint density at radius 2 is 1.96 bits per heavy atom. The molecular weight excluding hydrogens is 304 g/mol. The fourth-order valence-corrected chi connectivity index (χ4v) is 4.04. The van der Waals surface area contributed by atoms with Gasteiger partial charge in [-0.05, 0) is 42.8 Å². The molecule has 5 heteroatoms. The van der Waals surface area contributed by atoms with Gasteiger partial charge in [-0.2, -0.15) is 0 Å². The smallest absolute Gasteiger partial charge is 0.237 e. The third-order valence-corrected chi connectivity index (χ3v) is 5.17. The molecule has 24 heavy (non-hydrogen) atoms. The minimum Gasteiger partial charge on any atom is -0.497 e. The van der Waals surface area contributed by atoms with E-state index in [2.05, 4.69) is 10.6 Å². The van der Waals surface area contributed by atoms with Gasteiger partial charge in [0.1, 0.15) is 11.5 Å². The molecule has 2 atom stereocenters. The Balaban J connectivity index is 1.89. The van der Waals surface area contributed by atoms with Crippen molar-refractivity contribution in [1.82, 2.24) is 5.32 Å². The van der Waals surface area contributed by atoms with Gasteiger partial charge in [-0.25, -0.2) is 0 Å². The second-order valence-electron chi connectivity index (χ2n) is 6.22. The van der Waals surface area contributed by atoms with Gasteiger partial charge in [0.2, 0.25) is 5.91 Å². The van der Waals surface area contributed by atoms with E-state index in [0.29, 0.717) is 0 Å². The van der Waals surface area contributed by atoms with Crippen LogP contribution in [0.4, 0.5) is 5.69 Å². The molecule has 0 radical (unpaired) electrons. The standard InChI is InChI=1S/C19H20N2O3/c1-23-12-7-8-16(24-2)13(11-12)17-19(9-10-20-17)14-5-3-4-6-15(14)21-18(19)22/h3-8,11,17,20H,9-10H2,1-2H3,(H,21,22)/t17-,19-/m0/s1. The molecule has 1 amide bonds. The number of para-hydroxylation sites is 1. The van der Waals surface area contributed by atoms with E-state index >= 15 is 0 Å². The van der Waals surface area contributed by atoms with Gasteiger partial charge in [-0.3, -0.25) is 4.79 Å². The number of carbonyl (C=O) groups excluding carboxylic acids is 1. The summed E-state index contributed by atoms with van der Waals surface area (Å²) in [6, 6.07) is 13.5. The molecule has 0 bridgehead atoms. The summed E-state index contributed by atoms with van der Waals surface area (Å²) in [6.07, 6.45) is 0.751. The zero-order valence-corrected chi connectivity index (χ0v) is 13.8. The molecule has 2 aliphatic heterocycles. The van der Waals surface area contributed by atoms with Crippen molar-refractivity contribution in [3.63, 3.8) is 0 Å². The number of hydrogen-bond donors (Lipinski definition) is 2. The highest BCUT2D eigenvalue weighted by Crippen LogP contribution is 2.52. The Morgan fingerprint density at radius 1 is 1.12 bits per heavy atom. The Labute approximate surface area is 141 Å². The molecule has 1 spiro atoms. The number of methoxy groups -OCH3 is 2. The number of fused-ring (bicyclic) bond motifs is 2. The van der Waals surface area contributed by atoms with E-state index in [-0.39, 0.29) is 11.9 Å². The molecule has 124 valence electrons. The van der Waals surface area contributed by atoms with Crippen LogP contribution in [0.5, 0.6) is 11.5 Å². The van der Waals surface area contributed by atoms with Crippen LogP contribution in [0.15, 0.2) is 42.5 Å². The quantitative estimate of drug-likeness (QED) is 0.911. The Kier molecular flexibility index (Phi) is 3.46. The maximum atomic E-state index is 13.0. The molecule has 2 aliphatic rings. The minimum atomic E-state index is -0.615. The van der Waals surface area contributed by atoms with Crippen LogP contribution in [0, 0.1) is 0 Å². The second kappa shape index (κ2) is 5.53. The first-order valence-corrected chi connectivity index (χ1v) is 8.07. The van der Waals surface area contributed by atoms with E-state index in [1.54, 1.807) is 14.2 Å². The average molecular weight is 324 g/mol. The molecule has 0 aliphatic carbocycles. The fraction of sp³-hybridized carbons (Fsp3) is 0.316. The van der Waals surface area contributed by atoms with Crippen LogP contribution >= 0.6 is 0 Å². The van der Waals surface area contributed by atoms with Crippen molar-refractivity contribution < 1.29 is 14.3 Å². The first-order valence-electron chi connectivity index (χ1n) is 8.07. The van der Waals surface area contributed by atoms with E-state index in [4.69, 9.17) is 9.47 Å². The molecule has 2 N–H and O–H groups in total. The largest absolute Gasteiger partial charge is 0.497 e. The maximum Gasteiger partial charge on any atom is 0.237 e. The molecular formula is C19H20N2O3. The fourth-order valence-electron chi connectivity index (χ4n) is 4.04. The van der Waals surface area contributed by atoms with Crippen molar-refractivity contribution in [1.29, 1.82) is 0 Å². The maximum absolute atomic E-state index is 13.0. The van der Waals surface area contributed by atoms with Gasteiger partial charge < -0.3 is 20.1 Å². The Morgan fingerprint density at radius 3 is 2.75 bits per heavy atom. The van der Waals surface area contributed by atoms with Crippen LogP contribution in [0.3, 0.4) is 0 Å². The van der Waals surface area contributed by atoms with E-state index in [1.165, 1.54) is 0 Å². The van der Waals surface area contributed by atoms with Gasteiger partial charge in [-0.15, -0.1) is 0 Å². The normalized spacial score (nSPS) is 24.8. The van der Waals surface area contributed by atoms with Crippen molar-refractivity contribution in [3.05, 3.63) is 53.6 Å². The van der Waals surface area contributed by atoms with Crippen molar-refractivity contribution in [2.75, 3.05) is 26.1 Å². The van der Waals surface area contributed by atoms with Crippen LogP contribution in [0.2, 0.25) is 0 Å². The lowest BCUT2D eigenvalue weighted by molar-refractivity contribution is -0.121. The third-order valence-electron chi connectivity index (χ3n) is 5.17. The summed E-state index contributed by atoms with van der Waals surface area (Å²) < 4.78 is 10.9. The van der Waals surface area contributed by atoms with E-state index in [0.717, 1.165) is 41.3 Å². The number of rotatable bonds is 3. The second-order valence-corrected chi connectivity index (χ2v) is 6.22. The number of hydrogen-bond acceptors (Lipinski definition) is 4. The Hall–Kier alpha value is -2.53.